The summed E-state index contributed by atoms with van der Waals surface area (Å²) in [6.07, 6.45) is -4.66. The number of nitrogens with one attached hydrogen (secondary N) is 1. The van der Waals surface area contributed by atoms with E-state index >= 15 is 0 Å². The minimum atomic E-state index is -4.66. The minimum absolute atomic E-state index is 0.0266. The molecule has 2 rings (SSSR count). The van der Waals surface area contributed by atoms with Crippen LogP contribution in [0.5, 0.6) is 0 Å². The van der Waals surface area contributed by atoms with Crippen LogP contribution in [0.3, 0.4) is 0 Å². The number of rotatable bonds is 3. The number of hydrogen-bond donors (Lipinski definition) is 2. The molecule has 1 heterocycles. The van der Waals surface area contributed by atoms with Crippen molar-refractivity contribution in [1.29, 1.82) is 0 Å². The largest absolute Gasteiger partial charge is 0.481 e. The van der Waals surface area contributed by atoms with Crippen molar-refractivity contribution in [1.82, 2.24) is 4.90 Å². The molecule has 2 N–H and O–H groups in total. The van der Waals surface area contributed by atoms with Gasteiger partial charge in [-0.25, -0.2) is 4.79 Å². The van der Waals surface area contributed by atoms with Gasteiger partial charge in [0, 0.05) is 28.4 Å². The third-order valence-electron chi connectivity index (χ3n) is 3.87. The molecule has 0 saturated carbocycles. The predicted molar refractivity (Wildman–Crippen MR) is 93.3 cm³/mol. The summed E-state index contributed by atoms with van der Waals surface area (Å²) >= 11 is 1.65. The second kappa shape index (κ2) is 7.38. The summed E-state index contributed by atoms with van der Waals surface area (Å²) in [5.74, 6) is -5.26. The second-order valence-electron chi connectivity index (χ2n) is 7.17. The fourth-order valence-electron chi connectivity index (χ4n) is 2.71. The van der Waals surface area contributed by atoms with E-state index in [1.807, 2.05) is 12.1 Å². The minimum Gasteiger partial charge on any atom is -0.481 e. The van der Waals surface area contributed by atoms with Gasteiger partial charge in [-0.3, -0.25) is 4.79 Å². The van der Waals surface area contributed by atoms with Crippen molar-refractivity contribution in [2.24, 2.45) is 11.8 Å². The van der Waals surface area contributed by atoms with Gasteiger partial charge in [0.05, 0.1) is 11.8 Å². The van der Waals surface area contributed by atoms with Crippen molar-refractivity contribution in [2.45, 2.75) is 36.6 Å². The molecule has 0 radical (unpaired) electrons. The lowest BCUT2D eigenvalue weighted by Gasteiger charge is -2.19. The molecule has 0 bridgehead atoms. The van der Waals surface area contributed by atoms with Crippen molar-refractivity contribution in [3.8, 4) is 0 Å². The van der Waals surface area contributed by atoms with Crippen LogP contribution in [0.1, 0.15) is 20.8 Å². The maximum absolute atomic E-state index is 13.0. The number of hydrogen-bond acceptors (Lipinski definition) is 3. The number of anilines is 1. The van der Waals surface area contributed by atoms with Crippen LogP contribution in [0.25, 0.3) is 0 Å². The Morgan fingerprint density at radius 1 is 1.15 bits per heavy atom. The summed E-state index contributed by atoms with van der Waals surface area (Å²) in [5.41, 5.74) is 0.440. The van der Waals surface area contributed by atoms with Crippen molar-refractivity contribution in [3.63, 3.8) is 0 Å². The van der Waals surface area contributed by atoms with Crippen LogP contribution in [0.4, 0.5) is 23.7 Å². The molecule has 1 saturated heterocycles. The lowest BCUT2D eigenvalue weighted by atomic mass is 9.96. The molecule has 1 aromatic carbocycles. The van der Waals surface area contributed by atoms with Crippen LogP contribution in [0, 0.1) is 11.8 Å². The van der Waals surface area contributed by atoms with E-state index in [0.29, 0.717) is 5.69 Å². The zero-order valence-electron chi connectivity index (χ0n) is 14.6. The van der Waals surface area contributed by atoms with E-state index in [1.165, 1.54) is 0 Å². The molecular formula is C17H21F3N2O3S. The predicted octanol–water partition coefficient (Wildman–Crippen LogP) is 4.30. The number of likely N-dealkylation sites (tertiary alicyclic amines) is 1. The zero-order chi connectivity index (χ0) is 19.7. The Labute approximate surface area is 153 Å². The average molecular weight is 390 g/mol. The maximum Gasteiger partial charge on any atom is 0.394 e. The number of carboxylic acids is 1. The number of thioether (sulfide) groups is 1. The van der Waals surface area contributed by atoms with E-state index in [-0.39, 0.29) is 4.75 Å². The van der Waals surface area contributed by atoms with E-state index in [1.54, 1.807) is 23.9 Å². The fraction of sp³-hybridized carbons (Fsp3) is 0.529. The molecule has 0 aromatic heterocycles. The topological polar surface area (TPSA) is 69.6 Å². The fourth-order valence-corrected chi connectivity index (χ4v) is 3.69. The second-order valence-corrected chi connectivity index (χ2v) is 9.07. The normalized spacial score (nSPS) is 20.9. The summed E-state index contributed by atoms with van der Waals surface area (Å²) < 4.78 is 39.0. The number of alkyl halides is 3. The molecule has 144 valence electrons. The third kappa shape index (κ3) is 5.30. The van der Waals surface area contributed by atoms with Crippen molar-refractivity contribution < 1.29 is 27.9 Å². The van der Waals surface area contributed by atoms with Gasteiger partial charge < -0.3 is 15.3 Å². The van der Waals surface area contributed by atoms with Gasteiger partial charge in [0.25, 0.3) is 0 Å². The lowest BCUT2D eigenvalue weighted by molar-refractivity contribution is -0.187. The van der Waals surface area contributed by atoms with E-state index in [9.17, 15) is 22.8 Å². The molecule has 0 spiro atoms. The standard InChI is InChI=1S/C17H21F3N2O3S/c1-16(2,3)26-11-6-4-10(5-7-11)21-15(25)22-8-12(14(23)24)13(9-22)17(18,19)20/h4-7,12-13H,8-9H2,1-3H3,(H,21,25)(H,23,24)/t12-,13-/m1/s1. The smallest absolute Gasteiger partial charge is 0.394 e. The van der Waals surface area contributed by atoms with Crippen molar-refractivity contribution >= 4 is 29.4 Å². The molecule has 2 atom stereocenters. The van der Waals surface area contributed by atoms with Gasteiger partial charge in [-0.2, -0.15) is 13.2 Å². The average Bonchev–Trinajstić information content (AvgIpc) is 2.93. The first-order valence-corrected chi connectivity index (χ1v) is 8.83. The van der Waals surface area contributed by atoms with Gasteiger partial charge >= 0.3 is 18.2 Å². The van der Waals surface area contributed by atoms with E-state index in [2.05, 4.69) is 26.1 Å². The van der Waals surface area contributed by atoms with E-state index < -0.39 is 43.1 Å². The number of aliphatic carboxylic acids is 1. The summed E-state index contributed by atoms with van der Waals surface area (Å²) in [6, 6.07) is 6.22. The maximum atomic E-state index is 13.0. The van der Waals surface area contributed by atoms with Gasteiger partial charge in [0.2, 0.25) is 0 Å². The third-order valence-corrected chi connectivity index (χ3v) is 4.99. The number of carbonyl (C=O) groups excluding carboxylic acids is 1. The Morgan fingerprint density at radius 3 is 2.15 bits per heavy atom. The quantitative estimate of drug-likeness (QED) is 0.755. The van der Waals surface area contributed by atoms with Gasteiger partial charge in [-0.15, -0.1) is 11.8 Å². The van der Waals surface area contributed by atoms with Crippen LogP contribution in [0.2, 0.25) is 0 Å². The summed E-state index contributed by atoms with van der Waals surface area (Å²) in [6.45, 7) is 5.07. The number of nitrogens with zero attached hydrogens (tertiary/aromatic N) is 1. The Kier molecular flexibility index (Phi) is 5.79. The first-order chi connectivity index (χ1) is 11.9. The van der Waals surface area contributed by atoms with Crippen LogP contribution < -0.4 is 5.32 Å². The molecule has 1 aromatic rings. The number of urea groups is 1. The molecule has 2 amide bonds. The van der Waals surface area contributed by atoms with Crippen LogP contribution in [-0.2, 0) is 4.79 Å². The molecule has 5 nitrogen and oxygen atoms in total. The number of carboxylic acid groups (broad SMARTS) is 1. The Morgan fingerprint density at radius 2 is 1.73 bits per heavy atom. The Balaban J connectivity index is 2.03. The highest BCUT2D eigenvalue weighted by molar-refractivity contribution is 8.00. The molecule has 1 aliphatic rings. The Hall–Kier alpha value is -1.90. The lowest BCUT2D eigenvalue weighted by Crippen LogP contribution is -2.35. The highest BCUT2D eigenvalue weighted by Gasteiger charge is 2.53. The number of amides is 2. The molecule has 1 aliphatic heterocycles. The van der Waals surface area contributed by atoms with Crippen molar-refractivity contribution in [2.75, 3.05) is 18.4 Å². The zero-order valence-corrected chi connectivity index (χ0v) is 15.4. The van der Waals surface area contributed by atoms with Crippen LogP contribution in [0.15, 0.2) is 29.2 Å². The Bertz CT molecular complexity index is 671. The van der Waals surface area contributed by atoms with Gasteiger partial charge in [0.1, 0.15) is 0 Å². The van der Waals surface area contributed by atoms with Crippen molar-refractivity contribution in [3.05, 3.63) is 24.3 Å². The number of carbonyl (C=O) groups is 2. The SMILES string of the molecule is CC(C)(C)Sc1ccc(NC(=O)N2C[C@@H](C(F)(F)F)[C@H](C(=O)O)C2)cc1. The number of benzene rings is 1. The molecule has 0 aliphatic carbocycles. The number of halogens is 3. The summed E-state index contributed by atoms with van der Waals surface area (Å²) in [4.78, 5) is 25.2. The van der Waals surface area contributed by atoms with E-state index in [4.69, 9.17) is 5.11 Å². The molecular weight excluding hydrogens is 369 g/mol. The summed E-state index contributed by atoms with van der Waals surface area (Å²) in [5, 5.41) is 11.5. The van der Waals surface area contributed by atoms with Gasteiger partial charge in [-0.05, 0) is 24.3 Å². The monoisotopic (exact) mass is 390 g/mol. The molecule has 0 unspecified atom stereocenters. The molecule has 9 heteroatoms. The van der Waals surface area contributed by atoms with Crippen LogP contribution >= 0.6 is 11.8 Å². The van der Waals surface area contributed by atoms with Gasteiger partial charge in [-0.1, -0.05) is 20.8 Å². The van der Waals surface area contributed by atoms with E-state index in [0.717, 1.165) is 9.80 Å². The molecule has 26 heavy (non-hydrogen) atoms. The van der Waals surface area contributed by atoms with Crippen LogP contribution in [-0.4, -0.2) is 46.0 Å². The first-order valence-electron chi connectivity index (χ1n) is 8.01. The highest BCUT2D eigenvalue weighted by atomic mass is 32.2. The first kappa shape index (κ1) is 20.4. The summed E-state index contributed by atoms with van der Waals surface area (Å²) in [7, 11) is 0. The van der Waals surface area contributed by atoms with Gasteiger partial charge in [0.15, 0.2) is 0 Å². The molecule has 1 fully saturated rings. The highest BCUT2D eigenvalue weighted by Crippen LogP contribution is 2.38.